The Hall–Kier alpha value is -3.69. The number of nitro groups is 1. The van der Waals surface area contributed by atoms with Gasteiger partial charge >= 0.3 is 11.7 Å². The Balaban J connectivity index is 2.05. The fraction of sp³-hybridized carbons (Fsp3) is 0.333. The highest BCUT2D eigenvalue weighted by molar-refractivity contribution is 5.94. The fourth-order valence-corrected chi connectivity index (χ4v) is 4.22. The normalized spacial score (nSPS) is 16.6. The zero-order valence-electron chi connectivity index (χ0n) is 17.0. The number of hydrogen-bond donors (Lipinski definition) is 1. The van der Waals surface area contributed by atoms with E-state index in [2.05, 4.69) is 6.92 Å². The third-order valence-electron chi connectivity index (χ3n) is 5.67. The van der Waals surface area contributed by atoms with Crippen LogP contribution in [0.5, 0.6) is 0 Å². The van der Waals surface area contributed by atoms with Crippen LogP contribution in [0.15, 0.2) is 35.5 Å². The Morgan fingerprint density at radius 1 is 1.26 bits per heavy atom. The molecule has 1 saturated heterocycles. The average molecular weight is 428 g/mol. The van der Waals surface area contributed by atoms with E-state index in [0.717, 1.165) is 25.1 Å². The molecule has 0 aliphatic carbocycles. The summed E-state index contributed by atoms with van der Waals surface area (Å²) in [5, 5.41) is 20.9. The van der Waals surface area contributed by atoms with Crippen LogP contribution in [0, 0.1) is 21.8 Å². The SMILES string of the molecule is CC1CCCN(c2cc3c(cc2F)c(=O)c(C(=O)O)cn3-c2cn(C)cc2[N+](=O)[O-])C1. The summed E-state index contributed by atoms with van der Waals surface area (Å²) >= 11 is 0. The summed E-state index contributed by atoms with van der Waals surface area (Å²) < 4.78 is 17.8. The van der Waals surface area contributed by atoms with Gasteiger partial charge in [0.05, 0.1) is 22.3 Å². The number of piperidine rings is 1. The molecule has 9 nitrogen and oxygen atoms in total. The van der Waals surface area contributed by atoms with Gasteiger partial charge in [-0.3, -0.25) is 14.9 Å². The van der Waals surface area contributed by atoms with Crippen LogP contribution < -0.4 is 10.3 Å². The molecule has 162 valence electrons. The Kier molecular flexibility index (Phi) is 5.00. The lowest BCUT2D eigenvalue weighted by Gasteiger charge is -2.33. The summed E-state index contributed by atoms with van der Waals surface area (Å²) in [5.74, 6) is -1.75. The minimum absolute atomic E-state index is 0.0876. The number of halogens is 1. The number of nitrogens with zero attached hydrogens (tertiary/aromatic N) is 4. The number of benzene rings is 1. The molecule has 4 rings (SSSR count). The molecule has 3 aromatic rings. The molecule has 0 spiro atoms. The minimum atomic E-state index is -1.49. The lowest BCUT2D eigenvalue weighted by atomic mass is 9.99. The average Bonchev–Trinajstić information content (AvgIpc) is 3.10. The Morgan fingerprint density at radius 3 is 2.65 bits per heavy atom. The highest BCUT2D eigenvalue weighted by Gasteiger charge is 2.25. The van der Waals surface area contributed by atoms with E-state index < -0.39 is 27.7 Å². The van der Waals surface area contributed by atoms with Gasteiger partial charge in [0, 0.05) is 37.9 Å². The molecule has 1 aromatic carbocycles. The molecule has 0 amide bonds. The van der Waals surface area contributed by atoms with E-state index in [0.29, 0.717) is 19.0 Å². The van der Waals surface area contributed by atoms with Crippen molar-refractivity contribution < 1.29 is 19.2 Å². The fourth-order valence-electron chi connectivity index (χ4n) is 4.22. The minimum Gasteiger partial charge on any atom is -0.477 e. The zero-order chi connectivity index (χ0) is 22.4. The van der Waals surface area contributed by atoms with Crippen LogP contribution >= 0.6 is 0 Å². The van der Waals surface area contributed by atoms with Gasteiger partial charge in [0.15, 0.2) is 0 Å². The Labute approximate surface area is 176 Å². The Morgan fingerprint density at radius 2 is 2.00 bits per heavy atom. The molecule has 3 heterocycles. The largest absolute Gasteiger partial charge is 0.477 e. The van der Waals surface area contributed by atoms with Crippen LogP contribution in [0.1, 0.15) is 30.1 Å². The number of aromatic carboxylic acids is 1. The van der Waals surface area contributed by atoms with E-state index >= 15 is 4.39 Å². The van der Waals surface area contributed by atoms with Crippen LogP contribution in [0.2, 0.25) is 0 Å². The monoisotopic (exact) mass is 428 g/mol. The number of rotatable bonds is 4. The standard InChI is InChI=1S/C21H21FN4O5/c1-12-4-3-5-24(8-12)17-7-16-13(6-15(17)22)20(27)14(21(28)29)9-25(16)18-10-23(2)11-19(18)26(30)31/h6-7,9-12H,3-5,8H2,1-2H3,(H,28,29). The van der Waals surface area contributed by atoms with Gasteiger partial charge in [-0.25, -0.2) is 9.18 Å². The first-order valence-corrected chi connectivity index (χ1v) is 9.85. The second-order valence-electron chi connectivity index (χ2n) is 8.01. The molecule has 0 radical (unpaired) electrons. The predicted octanol–water partition coefficient (Wildman–Crippen LogP) is 3.31. The molecule has 10 heteroatoms. The third kappa shape index (κ3) is 3.54. The van der Waals surface area contributed by atoms with E-state index in [1.807, 2.05) is 4.90 Å². The number of carbonyl (C=O) groups is 1. The van der Waals surface area contributed by atoms with Crippen LogP contribution in [0.3, 0.4) is 0 Å². The summed E-state index contributed by atoms with van der Waals surface area (Å²) in [6.45, 7) is 3.37. The van der Waals surface area contributed by atoms with Crippen LogP contribution in [-0.2, 0) is 7.05 Å². The molecule has 0 saturated carbocycles. The molecule has 1 atom stereocenters. The van der Waals surface area contributed by atoms with Gasteiger partial charge in [-0.1, -0.05) is 6.92 Å². The second-order valence-corrected chi connectivity index (χ2v) is 8.01. The lowest BCUT2D eigenvalue weighted by molar-refractivity contribution is -0.384. The van der Waals surface area contributed by atoms with E-state index in [9.17, 15) is 24.8 Å². The molecule has 1 aliphatic heterocycles. The lowest BCUT2D eigenvalue weighted by Crippen LogP contribution is -2.35. The van der Waals surface area contributed by atoms with Crippen molar-refractivity contribution in [1.82, 2.24) is 9.13 Å². The molecular formula is C21H21FN4O5. The van der Waals surface area contributed by atoms with Crippen molar-refractivity contribution in [2.75, 3.05) is 18.0 Å². The van der Waals surface area contributed by atoms with Gasteiger partial charge in [0.1, 0.15) is 17.1 Å². The third-order valence-corrected chi connectivity index (χ3v) is 5.67. The number of fused-ring (bicyclic) bond motifs is 1. The molecule has 1 unspecified atom stereocenters. The first kappa shape index (κ1) is 20.6. The van der Waals surface area contributed by atoms with Gasteiger partial charge in [-0.05, 0) is 30.9 Å². The molecule has 1 fully saturated rings. The summed E-state index contributed by atoms with van der Waals surface area (Å²) in [5.41, 5.74) is -1.11. The topological polar surface area (TPSA) is 111 Å². The number of hydrogen-bond acceptors (Lipinski definition) is 5. The quantitative estimate of drug-likeness (QED) is 0.504. The van der Waals surface area contributed by atoms with Gasteiger partial charge in [0.2, 0.25) is 5.43 Å². The molecule has 0 bridgehead atoms. The molecule has 2 aromatic heterocycles. The van der Waals surface area contributed by atoms with Crippen molar-refractivity contribution in [1.29, 1.82) is 0 Å². The van der Waals surface area contributed by atoms with Crippen molar-refractivity contribution in [3.8, 4) is 5.69 Å². The van der Waals surface area contributed by atoms with Crippen LogP contribution in [0.4, 0.5) is 15.8 Å². The van der Waals surface area contributed by atoms with Crippen molar-refractivity contribution >= 4 is 28.2 Å². The summed E-state index contributed by atoms with van der Waals surface area (Å²) in [6.07, 6.45) is 5.74. The van der Waals surface area contributed by atoms with Crippen LogP contribution in [-0.4, -0.2) is 38.2 Å². The molecule has 1 N–H and O–H groups in total. The summed E-state index contributed by atoms with van der Waals surface area (Å²) in [4.78, 5) is 37.3. The molecular weight excluding hydrogens is 407 g/mol. The highest BCUT2D eigenvalue weighted by Crippen LogP contribution is 2.32. The Bertz CT molecular complexity index is 1280. The second kappa shape index (κ2) is 7.53. The number of anilines is 1. The predicted molar refractivity (Wildman–Crippen MR) is 113 cm³/mol. The smallest absolute Gasteiger partial charge is 0.341 e. The van der Waals surface area contributed by atoms with E-state index in [4.69, 9.17) is 0 Å². The molecule has 1 aliphatic rings. The van der Waals surface area contributed by atoms with E-state index in [-0.39, 0.29) is 28.0 Å². The molecule has 31 heavy (non-hydrogen) atoms. The number of carboxylic acids is 1. The van der Waals surface area contributed by atoms with Gasteiger partial charge in [0.25, 0.3) is 0 Å². The van der Waals surface area contributed by atoms with Gasteiger partial charge < -0.3 is 19.1 Å². The zero-order valence-corrected chi connectivity index (χ0v) is 17.0. The first-order chi connectivity index (χ1) is 14.7. The summed E-state index contributed by atoms with van der Waals surface area (Å²) in [6, 6.07) is 2.51. The van der Waals surface area contributed by atoms with E-state index in [1.54, 1.807) is 7.05 Å². The number of pyridine rings is 1. The summed E-state index contributed by atoms with van der Waals surface area (Å²) in [7, 11) is 1.60. The number of carboxylic acid groups (broad SMARTS) is 1. The van der Waals surface area contributed by atoms with Gasteiger partial charge in [-0.15, -0.1) is 0 Å². The number of aryl methyl sites for hydroxylation is 1. The maximum atomic E-state index is 15.0. The maximum Gasteiger partial charge on any atom is 0.341 e. The van der Waals surface area contributed by atoms with Crippen LogP contribution in [0.25, 0.3) is 16.6 Å². The van der Waals surface area contributed by atoms with E-state index in [1.165, 1.54) is 27.6 Å². The van der Waals surface area contributed by atoms with Gasteiger partial charge in [-0.2, -0.15) is 0 Å². The van der Waals surface area contributed by atoms with Crippen molar-refractivity contribution in [2.45, 2.75) is 19.8 Å². The highest BCUT2D eigenvalue weighted by atomic mass is 19.1. The first-order valence-electron chi connectivity index (χ1n) is 9.85. The van der Waals surface area contributed by atoms with Crippen molar-refractivity contribution in [2.24, 2.45) is 13.0 Å². The maximum absolute atomic E-state index is 15.0. The van der Waals surface area contributed by atoms with Crippen molar-refractivity contribution in [3.63, 3.8) is 0 Å². The number of aromatic nitrogens is 2. The van der Waals surface area contributed by atoms with Crippen molar-refractivity contribution in [3.05, 3.63) is 62.4 Å².